The first-order chi connectivity index (χ1) is 12.1. The van der Waals surface area contributed by atoms with Crippen molar-refractivity contribution in [2.45, 2.75) is 26.2 Å². The molecule has 0 bridgehead atoms. The summed E-state index contributed by atoms with van der Waals surface area (Å²) >= 11 is 0. The fourth-order valence-electron chi connectivity index (χ4n) is 2.28. The third kappa shape index (κ3) is 4.31. The van der Waals surface area contributed by atoms with Crippen molar-refractivity contribution in [3.05, 3.63) is 76.1 Å². The van der Waals surface area contributed by atoms with Crippen LogP contribution in [0.1, 0.15) is 53.2 Å². The molecule has 5 heteroatoms. The molecule has 0 saturated heterocycles. The number of carbonyl (C=O) groups excluding carboxylic acids is 1. The van der Waals surface area contributed by atoms with E-state index < -0.39 is 5.97 Å². The topological polar surface area (TPSA) is 66.8 Å². The molecule has 2 aromatic rings. The second-order valence-corrected chi connectivity index (χ2v) is 5.52. The Labute approximate surface area is 147 Å². The van der Waals surface area contributed by atoms with Gasteiger partial charge in [0.15, 0.2) is 0 Å². The zero-order valence-corrected chi connectivity index (χ0v) is 14.1. The number of benzene rings is 2. The van der Waals surface area contributed by atoms with Crippen LogP contribution in [-0.4, -0.2) is 12.2 Å². The maximum atomic E-state index is 12.3. The first-order valence-corrected chi connectivity index (χ1v) is 7.86. The number of nitriles is 1. The summed E-state index contributed by atoms with van der Waals surface area (Å²) < 4.78 is 0. The lowest BCUT2D eigenvalue weighted by molar-refractivity contribution is 0.0520. The van der Waals surface area contributed by atoms with Gasteiger partial charge in [-0.05, 0) is 24.0 Å². The van der Waals surface area contributed by atoms with Gasteiger partial charge >= 0.3 is 5.97 Å². The lowest BCUT2D eigenvalue weighted by Crippen LogP contribution is -2.06. The van der Waals surface area contributed by atoms with Gasteiger partial charge in [-0.25, -0.2) is 9.64 Å². The van der Waals surface area contributed by atoms with E-state index in [1.165, 1.54) is 6.21 Å². The van der Waals surface area contributed by atoms with Crippen molar-refractivity contribution >= 4 is 17.9 Å². The highest BCUT2D eigenvalue weighted by molar-refractivity contribution is 5.99. The van der Waals surface area contributed by atoms with Crippen molar-refractivity contribution in [1.82, 2.24) is 0 Å². The predicted molar refractivity (Wildman–Crippen MR) is 95.6 cm³/mol. The van der Waals surface area contributed by atoms with Crippen LogP contribution in [0.25, 0.3) is 4.85 Å². The highest BCUT2D eigenvalue weighted by Crippen LogP contribution is 2.30. The molecule has 0 saturated carbocycles. The summed E-state index contributed by atoms with van der Waals surface area (Å²) in [6, 6.07) is 14.4. The van der Waals surface area contributed by atoms with Crippen LogP contribution in [-0.2, 0) is 4.84 Å². The van der Waals surface area contributed by atoms with Gasteiger partial charge in [0.2, 0.25) is 5.69 Å². The first-order valence-electron chi connectivity index (χ1n) is 7.86. The van der Waals surface area contributed by atoms with Crippen molar-refractivity contribution in [2.24, 2.45) is 5.16 Å². The molecule has 124 valence electrons. The fourth-order valence-corrected chi connectivity index (χ4v) is 2.28. The Morgan fingerprint density at radius 2 is 2.12 bits per heavy atom. The monoisotopic (exact) mass is 331 g/mol. The SMILES string of the molecule is [C-]#[N+]c1cc(C(C)CC)cc(C#N)c1C(=O)O/N=C/c1ccccc1. The number of carbonyl (C=O) groups is 1. The second kappa shape index (κ2) is 8.42. The molecule has 0 N–H and O–H groups in total. The Kier molecular flexibility index (Phi) is 6.03. The van der Waals surface area contributed by atoms with Crippen LogP contribution < -0.4 is 0 Å². The van der Waals surface area contributed by atoms with Crippen LogP contribution in [0, 0.1) is 17.9 Å². The van der Waals surface area contributed by atoms with Gasteiger partial charge in [-0.3, -0.25) is 0 Å². The summed E-state index contributed by atoms with van der Waals surface area (Å²) in [6.07, 6.45) is 2.27. The Balaban J connectivity index is 2.31. The van der Waals surface area contributed by atoms with Crippen LogP contribution in [0.5, 0.6) is 0 Å². The van der Waals surface area contributed by atoms with Crippen molar-refractivity contribution < 1.29 is 9.63 Å². The van der Waals surface area contributed by atoms with Crippen LogP contribution in [0.3, 0.4) is 0 Å². The highest BCUT2D eigenvalue weighted by atomic mass is 16.7. The molecule has 0 heterocycles. The highest BCUT2D eigenvalue weighted by Gasteiger charge is 2.21. The van der Waals surface area contributed by atoms with E-state index in [1.807, 2.05) is 50.2 Å². The van der Waals surface area contributed by atoms with E-state index in [9.17, 15) is 10.1 Å². The molecule has 25 heavy (non-hydrogen) atoms. The molecule has 1 atom stereocenters. The lowest BCUT2D eigenvalue weighted by Gasteiger charge is -2.12. The Bertz CT molecular complexity index is 839. The number of nitrogens with zero attached hydrogens (tertiary/aromatic N) is 3. The van der Waals surface area contributed by atoms with E-state index in [4.69, 9.17) is 11.4 Å². The minimum Gasteiger partial charge on any atom is -0.314 e. The molecule has 0 spiro atoms. The Morgan fingerprint density at radius 1 is 1.40 bits per heavy atom. The van der Waals surface area contributed by atoms with E-state index in [1.54, 1.807) is 12.1 Å². The zero-order valence-electron chi connectivity index (χ0n) is 14.1. The second-order valence-electron chi connectivity index (χ2n) is 5.52. The summed E-state index contributed by atoms with van der Waals surface area (Å²) in [5.41, 5.74) is 1.82. The van der Waals surface area contributed by atoms with Gasteiger partial charge in [0, 0.05) is 0 Å². The standard InChI is InChI=1S/C20H17N3O2/c1-4-14(2)16-10-17(12-21)19(18(11-16)22-3)20(24)25-23-13-15-8-6-5-7-9-15/h5-11,13-14H,4H2,1-2H3/b23-13+. The third-order valence-electron chi connectivity index (χ3n) is 3.90. The van der Waals surface area contributed by atoms with Gasteiger partial charge in [0.1, 0.15) is 0 Å². The Hall–Kier alpha value is -3.44. The van der Waals surface area contributed by atoms with Crippen molar-refractivity contribution in [3.8, 4) is 6.07 Å². The molecule has 2 rings (SSSR count). The molecular weight excluding hydrogens is 314 g/mol. The molecule has 0 aliphatic rings. The quantitative estimate of drug-likeness (QED) is 0.341. The summed E-state index contributed by atoms with van der Waals surface area (Å²) in [5, 5.41) is 13.0. The van der Waals surface area contributed by atoms with Crippen molar-refractivity contribution in [2.75, 3.05) is 0 Å². The largest absolute Gasteiger partial charge is 0.356 e. The molecule has 0 aliphatic heterocycles. The van der Waals surface area contributed by atoms with Gasteiger partial charge in [0.25, 0.3) is 0 Å². The Morgan fingerprint density at radius 3 is 2.72 bits per heavy atom. The lowest BCUT2D eigenvalue weighted by atomic mass is 9.93. The molecule has 2 aromatic carbocycles. The first kappa shape index (κ1) is 17.9. The summed E-state index contributed by atoms with van der Waals surface area (Å²) in [7, 11) is 0. The summed E-state index contributed by atoms with van der Waals surface area (Å²) in [6.45, 7) is 11.4. The number of hydrogen-bond donors (Lipinski definition) is 0. The van der Waals surface area contributed by atoms with E-state index in [0.29, 0.717) is 0 Å². The van der Waals surface area contributed by atoms with Crippen LogP contribution in [0.4, 0.5) is 5.69 Å². The molecule has 0 aliphatic carbocycles. The molecule has 1 unspecified atom stereocenters. The van der Waals surface area contributed by atoms with Crippen LogP contribution >= 0.6 is 0 Å². The van der Waals surface area contributed by atoms with Crippen molar-refractivity contribution in [3.63, 3.8) is 0 Å². The van der Waals surface area contributed by atoms with Gasteiger partial charge < -0.3 is 4.84 Å². The maximum Gasteiger partial charge on any atom is 0.356 e. The number of oxime groups is 1. The summed E-state index contributed by atoms with van der Waals surface area (Å²) in [4.78, 5) is 20.6. The summed E-state index contributed by atoms with van der Waals surface area (Å²) in [5.74, 6) is -0.626. The molecule has 0 amide bonds. The van der Waals surface area contributed by atoms with Gasteiger partial charge in [-0.15, -0.1) is 0 Å². The minimum absolute atomic E-state index is 0.0465. The molecule has 0 aromatic heterocycles. The van der Waals surface area contributed by atoms with Gasteiger partial charge in [-0.1, -0.05) is 61.0 Å². The zero-order chi connectivity index (χ0) is 18.2. The van der Waals surface area contributed by atoms with Gasteiger partial charge in [-0.2, -0.15) is 5.26 Å². The van der Waals surface area contributed by atoms with Crippen LogP contribution in [0.15, 0.2) is 47.6 Å². The van der Waals surface area contributed by atoms with E-state index >= 15 is 0 Å². The minimum atomic E-state index is -0.814. The smallest absolute Gasteiger partial charge is 0.314 e. The molecule has 0 fully saturated rings. The molecular formula is C20H17N3O2. The van der Waals surface area contributed by atoms with Crippen LogP contribution in [0.2, 0.25) is 0 Å². The fraction of sp³-hybridized carbons (Fsp3) is 0.200. The van der Waals surface area contributed by atoms with Crippen molar-refractivity contribution in [1.29, 1.82) is 5.26 Å². The van der Waals surface area contributed by atoms with E-state index in [-0.39, 0.29) is 22.7 Å². The van der Waals surface area contributed by atoms with Gasteiger partial charge in [0.05, 0.1) is 30.0 Å². The van der Waals surface area contributed by atoms with E-state index in [2.05, 4.69) is 10.0 Å². The number of rotatable bonds is 5. The maximum absolute atomic E-state index is 12.3. The molecule has 5 nitrogen and oxygen atoms in total. The van der Waals surface area contributed by atoms with E-state index in [0.717, 1.165) is 17.5 Å². The normalized spacial score (nSPS) is 11.5. The third-order valence-corrected chi connectivity index (χ3v) is 3.90. The average Bonchev–Trinajstić information content (AvgIpc) is 2.66. The average molecular weight is 331 g/mol. The molecule has 0 radical (unpaired) electrons. The predicted octanol–water partition coefficient (Wildman–Crippen LogP) is 4.81. The number of hydrogen-bond acceptors (Lipinski definition) is 4.